The summed E-state index contributed by atoms with van der Waals surface area (Å²) in [6.45, 7) is 1.66. The summed E-state index contributed by atoms with van der Waals surface area (Å²) in [5, 5.41) is 12.6. The van der Waals surface area contributed by atoms with Gasteiger partial charge < -0.3 is 9.88 Å². The van der Waals surface area contributed by atoms with Gasteiger partial charge in [0.1, 0.15) is 5.82 Å². The number of aromatic nitrogens is 3. The lowest BCUT2D eigenvalue weighted by atomic mass is 10.2. The Balaban J connectivity index is 2.11. The predicted octanol–water partition coefficient (Wildman–Crippen LogP) is 1.56. The normalized spacial score (nSPS) is 11.8. The average molecular weight is 337 g/mol. The third-order valence-electron chi connectivity index (χ3n) is 3.05. The number of thioether (sulfide) groups is 1. The van der Waals surface area contributed by atoms with E-state index in [1.165, 1.54) is 30.9 Å². The van der Waals surface area contributed by atoms with Gasteiger partial charge in [0.25, 0.3) is 0 Å². The van der Waals surface area contributed by atoms with Gasteiger partial charge in [0, 0.05) is 19.7 Å². The van der Waals surface area contributed by atoms with E-state index in [2.05, 4.69) is 20.8 Å². The SMILES string of the molecule is CNC(=O)NC(=O)[C@@H](C)Sc1nnc(-c2ccc(F)cc2)n1C. The Bertz CT molecular complexity index is 716. The van der Waals surface area contributed by atoms with Crippen molar-refractivity contribution in [2.24, 2.45) is 7.05 Å². The zero-order valence-corrected chi connectivity index (χ0v) is 13.6. The molecular formula is C14H16FN5O2S. The van der Waals surface area contributed by atoms with Crippen LogP contribution in [0.5, 0.6) is 0 Å². The summed E-state index contributed by atoms with van der Waals surface area (Å²) in [4.78, 5) is 23.0. The van der Waals surface area contributed by atoms with Gasteiger partial charge in [0.05, 0.1) is 5.25 Å². The largest absolute Gasteiger partial charge is 0.341 e. The van der Waals surface area contributed by atoms with Crippen LogP contribution in [0.25, 0.3) is 11.4 Å². The Morgan fingerprint density at radius 1 is 1.26 bits per heavy atom. The molecule has 1 heterocycles. The molecular weight excluding hydrogens is 321 g/mol. The molecule has 0 radical (unpaired) electrons. The molecule has 0 aliphatic rings. The molecule has 122 valence electrons. The van der Waals surface area contributed by atoms with Gasteiger partial charge >= 0.3 is 6.03 Å². The van der Waals surface area contributed by atoms with Gasteiger partial charge in [-0.1, -0.05) is 11.8 Å². The van der Waals surface area contributed by atoms with Gasteiger partial charge in [-0.15, -0.1) is 10.2 Å². The summed E-state index contributed by atoms with van der Waals surface area (Å²) in [6, 6.07) is 5.34. The van der Waals surface area contributed by atoms with Crippen molar-refractivity contribution in [3.8, 4) is 11.4 Å². The summed E-state index contributed by atoms with van der Waals surface area (Å²) in [6.07, 6.45) is 0. The van der Waals surface area contributed by atoms with Crippen LogP contribution >= 0.6 is 11.8 Å². The van der Waals surface area contributed by atoms with Gasteiger partial charge in [-0.2, -0.15) is 0 Å². The Kier molecular flexibility index (Phi) is 5.32. The third kappa shape index (κ3) is 4.07. The lowest BCUT2D eigenvalue weighted by molar-refractivity contribution is -0.119. The molecule has 7 nitrogen and oxygen atoms in total. The van der Waals surface area contributed by atoms with Gasteiger partial charge in [0.15, 0.2) is 11.0 Å². The maximum Gasteiger partial charge on any atom is 0.321 e. The lowest BCUT2D eigenvalue weighted by Gasteiger charge is -2.10. The van der Waals surface area contributed by atoms with E-state index in [1.54, 1.807) is 30.7 Å². The number of carbonyl (C=O) groups is 2. The number of urea groups is 1. The quantitative estimate of drug-likeness (QED) is 0.827. The molecule has 2 rings (SSSR count). The molecule has 1 aromatic carbocycles. The highest BCUT2D eigenvalue weighted by Gasteiger charge is 2.20. The first kappa shape index (κ1) is 16.9. The van der Waals surface area contributed by atoms with Gasteiger partial charge in [-0.05, 0) is 31.2 Å². The fraction of sp³-hybridized carbons (Fsp3) is 0.286. The first-order valence-electron chi connectivity index (χ1n) is 6.77. The van der Waals surface area contributed by atoms with Crippen molar-refractivity contribution in [3.05, 3.63) is 30.1 Å². The highest BCUT2D eigenvalue weighted by Crippen LogP contribution is 2.25. The third-order valence-corrected chi connectivity index (χ3v) is 4.19. The molecule has 9 heteroatoms. The molecule has 0 aliphatic heterocycles. The molecule has 1 aromatic heterocycles. The van der Waals surface area contributed by atoms with E-state index in [1.807, 2.05) is 0 Å². The lowest BCUT2D eigenvalue weighted by Crippen LogP contribution is -2.41. The number of halogens is 1. The van der Waals surface area contributed by atoms with E-state index in [0.29, 0.717) is 11.0 Å². The molecule has 2 aromatic rings. The number of benzene rings is 1. The minimum atomic E-state index is -0.563. The summed E-state index contributed by atoms with van der Waals surface area (Å²) in [5.74, 6) is -0.197. The van der Waals surface area contributed by atoms with Crippen LogP contribution in [-0.2, 0) is 11.8 Å². The van der Waals surface area contributed by atoms with Crippen molar-refractivity contribution in [1.29, 1.82) is 0 Å². The molecule has 3 amide bonds. The molecule has 23 heavy (non-hydrogen) atoms. The molecule has 0 saturated carbocycles. The van der Waals surface area contributed by atoms with Gasteiger partial charge in [0.2, 0.25) is 5.91 Å². The summed E-state index contributed by atoms with van der Waals surface area (Å²) >= 11 is 1.17. The first-order valence-corrected chi connectivity index (χ1v) is 7.65. The summed E-state index contributed by atoms with van der Waals surface area (Å²) < 4.78 is 14.7. The maximum atomic E-state index is 13.0. The van der Waals surface area contributed by atoms with E-state index in [9.17, 15) is 14.0 Å². The number of imide groups is 1. The number of nitrogens with zero attached hydrogens (tertiary/aromatic N) is 3. The van der Waals surface area contributed by atoms with Crippen molar-refractivity contribution in [2.45, 2.75) is 17.3 Å². The summed E-state index contributed by atoms with van der Waals surface area (Å²) in [7, 11) is 3.18. The van der Waals surface area contributed by atoms with E-state index in [0.717, 1.165) is 5.56 Å². The average Bonchev–Trinajstić information content (AvgIpc) is 2.89. The molecule has 0 unspecified atom stereocenters. The zero-order valence-electron chi connectivity index (χ0n) is 12.8. The number of carbonyl (C=O) groups excluding carboxylic acids is 2. The van der Waals surface area contributed by atoms with Gasteiger partial charge in [-0.25, -0.2) is 9.18 Å². The zero-order chi connectivity index (χ0) is 17.0. The number of amides is 3. The predicted molar refractivity (Wildman–Crippen MR) is 84.3 cm³/mol. The molecule has 2 N–H and O–H groups in total. The van der Waals surface area contributed by atoms with Crippen LogP contribution in [0.4, 0.5) is 9.18 Å². The van der Waals surface area contributed by atoms with Crippen molar-refractivity contribution in [2.75, 3.05) is 7.05 Å². The molecule has 0 fully saturated rings. The van der Waals surface area contributed by atoms with E-state index >= 15 is 0 Å². The standard InChI is InChI=1S/C14H16FN5O2S/c1-8(12(21)17-13(22)16-2)23-14-19-18-11(20(14)3)9-4-6-10(15)7-5-9/h4-8H,1-3H3,(H2,16,17,21,22)/t8-/m1/s1. The number of rotatable bonds is 4. The molecule has 1 atom stereocenters. The van der Waals surface area contributed by atoms with Crippen molar-refractivity contribution in [3.63, 3.8) is 0 Å². The second kappa shape index (κ2) is 7.23. The monoisotopic (exact) mass is 337 g/mol. The second-order valence-corrected chi connectivity index (χ2v) is 6.01. The topological polar surface area (TPSA) is 88.9 Å². The highest BCUT2D eigenvalue weighted by atomic mass is 32.2. The van der Waals surface area contributed by atoms with Crippen molar-refractivity contribution < 1.29 is 14.0 Å². The van der Waals surface area contributed by atoms with Crippen LogP contribution in [0, 0.1) is 5.82 Å². The molecule has 0 saturated heterocycles. The Hall–Kier alpha value is -2.42. The van der Waals surface area contributed by atoms with Crippen LogP contribution in [-0.4, -0.2) is 39.0 Å². The van der Waals surface area contributed by atoms with E-state index < -0.39 is 17.2 Å². The number of nitrogens with one attached hydrogen (secondary N) is 2. The van der Waals surface area contributed by atoms with Crippen molar-refractivity contribution in [1.82, 2.24) is 25.4 Å². The number of hydrogen-bond donors (Lipinski definition) is 2. The van der Waals surface area contributed by atoms with Crippen LogP contribution in [0.3, 0.4) is 0 Å². The minimum Gasteiger partial charge on any atom is -0.341 e. The Morgan fingerprint density at radius 3 is 2.52 bits per heavy atom. The Labute approximate surface area is 136 Å². The minimum absolute atomic E-state index is 0.329. The fourth-order valence-corrected chi connectivity index (χ4v) is 2.57. The molecule has 0 spiro atoms. The second-order valence-electron chi connectivity index (χ2n) is 4.70. The smallest absolute Gasteiger partial charge is 0.321 e. The number of hydrogen-bond acceptors (Lipinski definition) is 5. The van der Waals surface area contributed by atoms with E-state index in [-0.39, 0.29) is 5.82 Å². The molecule has 0 bridgehead atoms. The van der Waals surface area contributed by atoms with Crippen LogP contribution < -0.4 is 10.6 Å². The maximum absolute atomic E-state index is 13.0. The Morgan fingerprint density at radius 2 is 1.91 bits per heavy atom. The summed E-state index contributed by atoms with van der Waals surface area (Å²) in [5.41, 5.74) is 0.718. The fourth-order valence-electron chi connectivity index (χ4n) is 1.76. The van der Waals surface area contributed by atoms with Crippen LogP contribution in [0.1, 0.15) is 6.92 Å². The van der Waals surface area contributed by atoms with Gasteiger partial charge in [-0.3, -0.25) is 10.1 Å². The van der Waals surface area contributed by atoms with Crippen molar-refractivity contribution >= 4 is 23.7 Å². The van der Waals surface area contributed by atoms with E-state index in [4.69, 9.17) is 0 Å². The first-order chi connectivity index (χ1) is 10.9. The van der Waals surface area contributed by atoms with Crippen LogP contribution in [0.2, 0.25) is 0 Å². The molecule has 0 aliphatic carbocycles. The highest BCUT2D eigenvalue weighted by molar-refractivity contribution is 8.00. The van der Waals surface area contributed by atoms with Crippen LogP contribution in [0.15, 0.2) is 29.4 Å².